The lowest BCUT2D eigenvalue weighted by Gasteiger charge is -2.09. The van der Waals surface area contributed by atoms with Crippen molar-refractivity contribution in [1.29, 1.82) is 0 Å². The standard InChI is InChI=1S/C19H25N3O/c1-3-4-7-12-20-18-11-10-17(14-21-18)22-19(23)13-16-9-6-5-8-15(16)2/h5-6,8-11,14H,3-4,7,12-13H2,1-2H3,(H,20,21)(H,22,23). The first-order chi connectivity index (χ1) is 11.2. The van der Waals surface area contributed by atoms with Crippen molar-refractivity contribution >= 4 is 17.4 Å². The van der Waals surface area contributed by atoms with E-state index >= 15 is 0 Å². The molecule has 0 spiro atoms. The van der Waals surface area contributed by atoms with Gasteiger partial charge in [-0.3, -0.25) is 4.79 Å². The van der Waals surface area contributed by atoms with E-state index in [1.54, 1.807) is 6.20 Å². The van der Waals surface area contributed by atoms with Gasteiger partial charge in [-0.15, -0.1) is 0 Å². The highest BCUT2D eigenvalue weighted by Crippen LogP contribution is 2.12. The summed E-state index contributed by atoms with van der Waals surface area (Å²) in [5.74, 6) is 0.822. The van der Waals surface area contributed by atoms with E-state index in [4.69, 9.17) is 0 Å². The highest BCUT2D eigenvalue weighted by Gasteiger charge is 2.06. The molecule has 1 aromatic carbocycles. The topological polar surface area (TPSA) is 54.0 Å². The highest BCUT2D eigenvalue weighted by atomic mass is 16.1. The summed E-state index contributed by atoms with van der Waals surface area (Å²) >= 11 is 0. The molecule has 0 unspecified atom stereocenters. The zero-order valence-corrected chi connectivity index (χ0v) is 13.9. The van der Waals surface area contributed by atoms with Crippen LogP contribution in [0, 0.1) is 6.92 Å². The molecule has 0 atom stereocenters. The third kappa shape index (κ3) is 5.74. The van der Waals surface area contributed by atoms with Gasteiger partial charge in [0.05, 0.1) is 18.3 Å². The van der Waals surface area contributed by atoms with E-state index in [0.717, 1.165) is 35.6 Å². The van der Waals surface area contributed by atoms with Gasteiger partial charge in [-0.2, -0.15) is 0 Å². The van der Waals surface area contributed by atoms with Crippen LogP contribution in [0.1, 0.15) is 37.3 Å². The van der Waals surface area contributed by atoms with Gasteiger partial charge < -0.3 is 10.6 Å². The highest BCUT2D eigenvalue weighted by molar-refractivity contribution is 5.92. The molecule has 4 heteroatoms. The second-order valence-electron chi connectivity index (χ2n) is 5.72. The summed E-state index contributed by atoms with van der Waals surface area (Å²) in [5.41, 5.74) is 2.90. The second kappa shape index (κ2) is 8.93. The normalized spacial score (nSPS) is 10.3. The van der Waals surface area contributed by atoms with Gasteiger partial charge >= 0.3 is 0 Å². The summed E-state index contributed by atoms with van der Waals surface area (Å²) in [6.07, 6.45) is 5.65. The Labute approximate surface area is 138 Å². The Morgan fingerprint density at radius 3 is 2.65 bits per heavy atom. The van der Waals surface area contributed by atoms with Gasteiger partial charge in [0.2, 0.25) is 5.91 Å². The lowest BCUT2D eigenvalue weighted by Crippen LogP contribution is -2.15. The lowest BCUT2D eigenvalue weighted by atomic mass is 10.1. The van der Waals surface area contributed by atoms with E-state index in [2.05, 4.69) is 22.5 Å². The maximum Gasteiger partial charge on any atom is 0.228 e. The molecule has 0 bridgehead atoms. The minimum atomic E-state index is -0.0234. The number of amides is 1. The molecule has 23 heavy (non-hydrogen) atoms. The van der Waals surface area contributed by atoms with Gasteiger partial charge in [0, 0.05) is 6.54 Å². The maximum absolute atomic E-state index is 12.1. The number of pyridine rings is 1. The number of hydrogen-bond acceptors (Lipinski definition) is 3. The number of aromatic nitrogens is 1. The van der Waals surface area contributed by atoms with E-state index in [9.17, 15) is 4.79 Å². The van der Waals surface area contributed by atoms with Crippen LogP contribution in [0.25, 0.3) is 0 Å². The number of unbranched alkanes of at least 4 members (excludes halogenated alkanes) is 2. The predicted octanol–water partition coefficient (Wildman–Crippen LogP) is 4.17. The fourth-order valence-electron chi connectivity index (χ4n) is 2.35. The van der Waals surface area contributed by atoms with E-state index in [0.29, 0.717) is 6.42 Å². The maximum atomic E-state index is 12.1. The fourth-order valence-corrected chi connectivity index (χ4v) is 2.35. The average Bonchev–Trinajstić information content (AvgIpc) is 2.55. The summed E-state index contributed by atoms with van der Waals surface area (Å²) in [6.45, 7) is 5.13. The van der Waals surface area contributed by atoms with Gasteiger partial charge in [0.15, 0.2) is 0 Å². The number of hydrogen-bond donors (Lipinski definition) is 2. The summed E-state index contributed by atoms with van der Waals surface area (Å²) in [4.78, 5) is 16.4. The molecule has 0 aliphatic carbocycles. The molecule has 1 heterocycles. The molecule has 0 saturated carbocycles. The molecule has 1 aromatic heterocycles. The van der Waals surface area contributed by atoms with Crippen LogP contribution in [-0.4, -0.2) is 17.4 Å². The van der Waals surface area contributed by atoms with E-state index in [1.807, 2.05) is 43.3 Å². The van der Waals surface area contributed by atoms with E-state index in [1.165, 1.54) is 12.8 Å². The number of benzene rings is 1. The molecule has 1 amide bonds. The number of carbonyl (C=O) groups is 1. The quantitative estimate of drug-likeness (QED) is 0.719. The number of carbonyl (C=O) groups excluding carboxylic acids is 1. The number of rotatable bonds is 8. The zero-order valence-electron chi connectivity index (χ0n) is 13.9. The molecule has 0 radical (unpaired) electrons. The molecule has 122 valence electrons. The van der Waals surface area contributed by atoms with Gasteiger partial charge in [-0.25, -0.2) is 4.98 Å². The number of aryl methyl sites for hydroxylation is 1. The number of nitrogens with one attached hydrogen (secondary N) is 2. The minimum Gasteiger partial charge on any atom is -0.370 e. The Morgan fingerprint density at radius 1 is 1.13 bits per heavy atom. The van der Waals surface area contributed by atoms with Crippen LogP contribution >= 0.6 is 0 Å². The lowest BCUT2D eigenvalue weighted by molar-refractivity contribution is -0.115. The first-order valence-corrected chi connectivity index (χ1v) is 8.23. The Morgan fingerprint density at radius 2 is 1.96 bits per heavy atom. The van der Waals surface area contributed by atoms with Crippen molar-refractivity contribution in [2.24, 2.45) is 0 Å². The zero-order chi connectivity index (χ0) is 16.5. The van der Waals surface area contributed by atoms with Gasteiger partial charge in [0.25, 0.3) is 0 Å². The summed E-state index contributed by atoms with van der Waals surface area (Å²) in [7, 11) is 0. The molecule has 0 saturated heterocycles. The van der Waals surface area contributed by atoms with E-state index < -0.39 is 0 Å². The van der Waals surface area contributed by atoms with Crippen molar-refractivity contribution in [3.8, 4) is 0 Å². The molecule has 2 N–H and O–H groups in total. The largest absolute Gasteiger partial charge is 0.370 e. The van der Waals surface area contributed by atoms with Crippen molar-refractivity contribution < 1.29 is 4.79 Å². The van der Waals surface area contributed by atoms with Crippen molar-refractivity contribution in [1.82, 2.24) is 4.98 Å². The number of nitrogens with zero attached hydrogens (tertiary/aromatic N) is 1. The monoisotopic (exact) mass is 311 g/mol. The van der Waals surface area contributed by atoms with E-state index in [-0.39, 0.29) is 5.91 Å². The molecule has 0 aliphatic rings. The molecule has 2 rings (SSSR count). The molecular formula is C19H25N3O. The van der Waals surface area contributed by atoms with Crippen LogP contribution in [0.5, 0.6) is 0 Å². The van der Waals surface area contributed by atoms with Crippen molar-refractivity contribution in [3.05, 3.63) is 53.7 Å². The molecular weight excluding hydrogens is 286 g/mol. The molecule has 0 aliphatic heterocycles. The van der Waals surface area contributed by atoms with Crippen molar-refractivity contribution in [3.63, 3.8) is 0 Å². The van der Waals surface area contributed by atoms with Gasteiger partial charge in [-0.1, -0.05) is 44.0 Å². The smallest absolute Gasteiger partial charge is 0.228 e. The first kappa shape index (κ1) is 17.0. The summed E-state index contributed by atoms with van der Waals surface area (Å²) in [5, 5.41) is 6.18. The van der Waals surface area contributed by atoms with Crippen LogP contribution in [-0.2, 0) is 11.2 Å². The van der Waals surface area contributed by atoms with Crippen molar-refractivity contribution in [2.75, 3.05) is 17.2 Å². The Bertz CT molecular complexity index is 623. The second-order valence-corrected chi connectivity index (χ2v) is 5.72. The molecule has 0 fully saturated rings. The first-order valence-electron chi connectivity index (χ1n) is 8.23. The van der Waals surface area contributed by atoms with Crippen LogP contribution in [0.15, 0.2) is 42.6 Å². The summed E-state index contributed by atoms with van der Waals surface area (Å²) < 4.78 is 0. The third-order valence-corrected chi connectivity index (χ3v) is 3.75. The van der Waals surface area contributed by atoms with Gasteiger partial charge in [0.1, 0.15) is 5.82 Å². The van der Waals surface area contributed by atoms with Crippen LogP contribution in [0.2, 0.25) is 0 Å². The van der Waals surface area contributed by atoms with Crippen molar-refractivity contribution in [2.45, 2.75) is 39.5 Å². The Kier molecular flexibility index (Phi) is 6.60. The number of anilines is 2. The van der Waals surface area contributed by atoms with Crippen LogP contribution in [0.3, 0.4) is 0 Å². The Balaban J connectivity index is 1.83. The van der Waals surface area contributed by atoms with Crippen LogP contribution in [0.4, 0.5) is 11.5 Å². The SMILES string of the molecule is CCCCCNc1ccc(NC(=O)Cc2ccccc2C)cn1. The summed E-state index contributed by atoms with van der Waals surface area (Å²) in [6, 6.07) is 11.7. The predicted molar refractivity (Wildman–Crippen MR) is 95.8 cm³/mol. The molecule has 4 nitrogen and oxygen atoms in total. The Hall–Kier alpha value is -2.36. The average molecular weight is 311 g/mol. The van der Waals surface area contributed by atoms with Gasteiger partial charge in [-0.05, 0) is 36.6 Å². The minimum absolute atomic E-state index is 0.0234. The fraction of sp³-hybridized carbons (Fsp3) is 0.368. The third-order valence-electron chi connectivity index (χ3n) is 3.75. The van der Waals surface area contributed by atoms with Crippen LogP contribution < -0.4 is 10.6 Å². The molecule has 2 aromatic rings.